The molecule has 0 spiro atoms. The van der Waals surface area contributed by atoms with Gasteiger partial charge in [-0.15, -0.1) is 0 Å². The number of nitro benzene ring substituents is 1. The number of benzene rings is 1. The number of para-hydroxylation sites is 1. The lowest BCUT2D eigenvalue weighted by atomic mass is 9.89. The number of nitro groups is 1. The Labute approximate surface area is 171 Å². The van der Waals surface area contributed by atoms with Crippen LogP contribution in [0.1, 0.15) is 37.9 Å². The summed E-state index contributed by atoms with van der Waals surface area (Å²) in [6, 6.07) is 9.57. The van der Waals surface area contributed by atoms with Crippen LogP contribution in [-0.4, -0.2) is 27.5 Å². The molecule has 1 saturated carbocycles. The van der Waals surface area contributed by atoms with E-state index in [-0.39, 0.29) is 16.8 Å². The summed E-state index contributed by atoms with van der Waals surface area (Å²) < 4.78 is 5.72. The molecule has 1 aliphatic heterocycles. The third kappa shape index (κ3) is 4.12. The Morgan fingerprint density at radius 2 is 1.90 bits per heavy atom. The normalized spacial score (nSPS) is 19.3. The molecular weight excluding hydrogens is 392 g/mol. The molecule has 2 aliphatic rings. The van der Waals surface area contributed by atoms with Crippen molar-refractivity contribution < 1.29 is 18.9 Å². The topological polar surface area (TPSA) is 93.7 Å². The van der Waals surface area contributed by atoms with Crippen LogP contribution in [-0.2, 0) is 4.79 Å². The SMILES string of the molecule is O=C1S/C(=C\c2ccc(-c3ccccc3[N+](=O)[O-])o2)C(=O)N1CC1CCCCC1. The molecule has 1 aliphatic carbocycles. The minimum absolute atomic E-state index is 0.0544. The van der Waals surface area contributed by atoms with Gasteiger partial charge in [-0.2, -0.15) is 0 Å². The highest BCUT2D eigenvalue weighted by molar-refractivity contribution is 8.18. The maximum Gasteiger partial charge on any atom is 0.293 e. The minimum Gasteiger partial charge on any atom is -0.456 e. The van der Waals surface area contributed by atoms with Crippen molar-refractivity contribution in [1.29, 1.82) is 0 Å². The lowest BCUT2D eigenvalue weighted by Crippen LogP contribution is -2.34. The van der Waals surface area contributed by atoms with Crippen LogP contribution in [0.2, 0.25) is 0 Å². The largest absolute Gasteiger partial charge is 0.456 e. The first-order valence-corrected chi connectivity index (χ1v) is 10.4. The first-order chi connectivity index (χ1) is 14.0. The summed E-state index contributed by atoms with van der Waals surface area (Å²) in [7, 11) is 0. The van der Waals surface area contributed by atoms with Crippen LogP contribution in [0.4, 0.5) is 10.5 Å². The molecule has 7 nitrogen and oxygen atoms in total. The second kappa shape index (κ2) is 8.24. The molecule has 29 heavy (non-hydrogen) atoms. The monoisotopic (exact) mass is 412 g/mol. The van der Waals surface area contributed by atoms with Gasteiger partial charge in [0.15, 0.2) is 0 Å². The molecule has 0 unspecified atom stereocenters. The van der Waals surface area contributed by atoms with Crippen LogP contribution >= 0.6 is 11.8 Å². The molecule has 0 radical (unpaired) electrons. The second-order valence-electron chi connectivity index (χ2n) is 7.27. The van der Waals surface area contributed by atoms with E-state index in [9.17, 15) is 19.7 Å². The summed E-state index contributed by atoms with van der Waals surface area (Å²) in [5.41, 5.74) is 0.309. The summed E-state index contributed by atoms with van der Waals surface area (Å²) in [5.74, 6) is 0.797. The first kappa shape index (κ1) is 19.4. The standard InChI is InChI=1S/C21H20N2O5S/c24-20-19(29-21(25)22(20)13-14-6-2-1-3-7-14)12-15-10-11-18(28-15)16-8-4-5-9-17(16)23(26)27/h4-5,8-12,14H,1-3,6-7,13H2/b19-12-. The summed E-state index contributed by atoms with van der Waals surface area (Å²) in [5, 5.41) is 11.0. The Morgan fingerprint density at radius 3 is 2.66 bits per heavy atom. The third-order valence-corrected chi connectivity index (χ3v) is 6.21. The summed E-state index contributed by atoms with van der Waals surface area (Å²) in [4.78, 5) is 37.4. The minimum atomic E-state index is -0.464. The lowest BCUT2D eigenvalue weighted by molar-refractivity contribution is -0.384. The molecule has 2 amide bonds. The van der Waals surface area contributed by atoms with Gasteiger partial charge in [0.2, 0.25) is 0 Å². The highest BCUT2D eigenvalue weighted by Gasteiger charge is 2.36. The van der Waals surface area contributed by atoms with E-state index in [0.717, 1.165) is 37.4 Å². The fraction of sp³-hybridized carbons (Fsp3) is 0.333. The van der Waals surface area contributed by atoms with Crippen molar-refractivity contribution in [3.8, 4) is 11.3 Å². The molecule has 2 heterocycles. The van der Waals surface area contributed by atoms with Gasteiger partial charge in [-0.1, -0.05) is 31.4 Å². The number of thioether (sulfide) groups is 1. The van der Waals surface area contributed by atoms with Crippen molar-refractivity contribution in [2.45, 2.75) is 32.1 Å². The molecule has 1 aromatic heterocycles. The molecule has 1 aromatic carbocycles. The van der Waals surface area contributed by atoms with Gasteiger partial charge in [-0.05, 0) is 48.7 Å². The number of nitrogens with zero attached hydrogens (tertiary/aromatic N) is 2. The average Bonchev–Trinajstić information content (AvgIpc) is 3.29. The zero-order chi connectivity index (χ0) is 20.4. The zero-order valence-corrected chi connectivity index (χ0v) is 16.5. The molecule has 0 bridgehead atoms. The van der Waals surface area contributed by atoms with Gasteiger partial charge in [0.25, 0.3) is 16.8 Å². The molecule has 0 atom stereocenters. The van der Waals surface area contributed by atoms with Crippen LogP contribution in [0.5, 0.6) is 0 Å². The number of carbonyl (C=O) groups is 2. The quantitative estimate of drug-likeness (QED) is 0.367. The molecule has 150 valence electrons. The van der Waals surface area contributed by atoms with Crippen molar-refractivity contribution in [3.63, 3.8) is 0 Å². The molecule has 4 rings (SSSR count). The van der Waals surface area contributed by atoms with Gasteiger partial charge >= 0.3 is 0 Å². The number of carbonyl (C=O) groups excluding carboxylic acids is 2. The van der Waals surface area contributed by atoms with Gasteiger partial charge in [0, 0.05) is 18.7 Å². The Kier molecular flexibility index (Phi) is 5.53. The number of rotatable bonds is 5. The maximum atomic E-state index is 12.7. The number of imide groups is 1. The summed E-state index contributed by atoms with van der Waals surface area (Å²) in [6.07, 6.45) is 7.16. The van der Waals surface area contributed by atoms with E-state index in [0.29, 0.717) is 34.5 Å². The Balaban J connectivity index is 1.53. The number of amides is 2. The van der Waals surface area contributed by atoms with Crippen LogP contribution in [0, 0.1) is 16.0 Å². The number of hydrogen-bond acceptors (Lipinski definition) is 6. The van der Waals surface area contributed by atoms with Crippen molar-refractivity contribution >= 4 is 34.7 Å². The van der Waals surface area contributed by atoms with Crippen LogP contribution in [0.3, 0.4) is 0 Å². The van der Waals surface area contributed by atoms with E-state index < -0.39 is 4.92 Å². The maximum absolute atomic E-state index is 12.7. The lowest BCUT2D eigenvalue weighted by Gasteiger charge is -2.25. The number of furan rings is 1. The van der Waals surface area contributed by atoms with Gasteiger partial charge in [-0.3, -0.25) is 24.6 Å². The van der Waals surface area contributed by atoms with Gasteiger partial charge in [0.05, 0.1) is 15.4 Å². The second-order valence-corrected chi connectivity index (χ2v) is 8.27. The van der Waals surface area contributed by atoms with Crippen molar-refractivity contribution in [3.05, 3.63) is 57.2 Å². The van der Waals surface area contributed by atoms with Gasteiger partial charge < -0.3 is 4.42 Å². The van der Waals surface area contributed by atoms with E-state index >= 15 is 0 Å². The number of hydrogen-bond donors (Lipinski definition) is 0. The van der Waals surface area contributed by atoms with Crippen LogP contribution in [0.15, 0.2) is 45.7 Å². The van der Waals surface area contributed by atoms with E-state index in [1.807, 2.05) is 0 Å². The van der Waals surface area contributed by atoms with Crippen molar-refractivity contribution in [1.82, 2.24) is 4.90 Å². The van der Waals surface area contributed by atoms with E-state index in [1.165, 1.54) is 23.5 Å². The predicted molar refractivity (Wildman–Crippen MR) is 110 cm³/mol. The highest BCUT2D eigenvalue weighted by Crippen LogP contribution is 2.36. The molecule has 2 fully saturated rings. The van der Waals surface area contributed by atoms with E-state index in [4.69, 9.17) is 4.42 Å². The van der Waals surface area contributed by atoms with Crippen LogP contribution in [0.25, 0.3) is 17.4 Å². The third-order valence-electron chi connectivity index (χ3n) is 5.31. The Bertz CT molecular complexity index is 990. The van der Waals surface area contributed by atoms with E-state index in [2.05, 4.69) is 0 Å². The van der Waals surface area contributed by atoms with Crippen molar-refractivity contribution in [2.75, 3.05) is 6.54 Å². The molecular formula is C21H20N2O5S. The van der Waals surface area contributed by atoms with Crippen LogP contribution < -0.4 is 0 Å². The summed E-state index contributed by atoms with van der Waals surface area (Å²) in [6.45, 7) is 0.474. The van der Waals surface area contributed by atoms with Gasteiger partial charge in [-0.25, -0.2) is 0 Å². The van der Waals surface area contributed by atoms with Gasteiger partial charge in [0.1, 0.15) is 11.5 Å². The highest BCUT2D eigenvalue weighted by atomic mass is 32.2. The molecule has 2 aromatic rings. The smallest absolute Gasteiger partial charge is 0.293 e. The molecule has 1 saturated heterocycles. The fourth-order valence-corrected chi connectivity index (χ4v) is 4.66. The Morgan fingerprint density at radius 1 is 1.14 bits per heavy atom. The predicted octanol–water partition coefficient (Wildman–Crippen LogP) is 5.47. The summed E-state index contributed by atoms with van der Waals surface area (Å²) >= 11 is 0.909. The Hall–Kier alpha value is -2.87. The molecule has 8 heteroatoms. The zero-order valence-electron chi connectivity index (χ0n) is 15.7. The average molecular weight is 412 g/mol. The fourth-order valence-electron chi connectivity index (χ4n) is 3.83. The molecule has 0 N–H and O–H groups in total. The first-order valence-electron chi connectivity index (χ1n) is 9.62. The van der Waals surface area contributed by atoms with E-state index in [1.54, 1.807) is 30.3 Å². The van der Waals surface area contributed by atoms with Crippen molar-refractivity contribution in [2.24, 2.45) is 5.92 Å².